The quantitative estimate of drug-likeness (QED) is 0.0771. The van der Waals surface area contributed by atoms with E-state index in [0.717, 1.165) is 53.5 Å². The minimum absolute atomic E-state index is 0.207. The van der Waals surface area contributed by atoms with Gasteiger partial charge in [0.25, 0.3) is 0 Å². The lowest BCUT2D eigenvalue weighted by Crippen LogP contribution is -2.67. The van der Waals surface area contributed by atoms with Crippen LogP contribution in [-0.2, 0) is 73.5 Å². The molecule has 310 valence electrons. The molecular weight excluding hydrogens is 749 g/mol. The van der Waals surface area contributed by atoms with Crippen molar-refractivity contribution in [2.75, 3.05) is 19.8 Å². The molecule has 2 fully saturated rings. The van der Waals surface area contributed by atoms with E-state index in [1.54, 1.807) is 0 Å². The summed E-state index contributed by atoms with van der Waals surface area (Å²) in [6.45, 7) is 4.20. The van der Waals surface area contributed by atoms with E-state index < -0.39 is 29.7 Å². The maximum absolute atomic E-state index is 9.25. The molecule has 5 atom stereocenters. The standard InChI is InChI=1S/C53H56O7/c1-40-25-30-48(33-47(40)32-42-28-26-41(27-29-42)16-14-15-31-54)53-51(58-37-46-23-12-5-13-24-46)49(56-35-44-19-8-3-9-20-44)50(57-36-45-21-10-4-11-22-45)52(60-53,39-59-53)38-55-34-43-17-6-2-7-18-43/h2-13,17-30,33,49-51,54H,14-16,31-32,34-39H2,1H3/t49-,50-,51+,52-,53-/m0/s1. The summed E-state index contributed by atoms with van der Waals surface area (Å²) < 4.78 is 42.4. The Labute approximate surface area is 354 Å². The second kappa shape index (κ2) is 20.1. The zero-order valence-electron chi connectivity index (χ0n) is 34.5. The van der Waals surface area contributed by atoms with E-state index in [1.165, 1.54) is 22.3 Å². The summed E-state index contributed by atoms with van der Waals surface area (Å²) >= 11 is 0. The number of ether oxygens (including phenoxy) is 6. The van der Waals surface area contributed by atoms with Crippen molar-refractivity contribution in [3.8, 4) is 0 Å². The molecular formula is C53H56O7. The second-order valence-electron chi connectivity index (χ2n) is 16.1. The van der Waals surface area contributed by atoms with Gasteiger partial charge < -0.3 is 33.5 Å². The van der Waals surface area contributed by atoms with Crippen LogP contribution >= 0.6 is 0 Å². The fraction of sp³-hybridized carbons (Fsp3) is 0.321. The van der Waals surface area contributed by atoms with Gasteiger partial charge in [0, 0.05) is 12.2 Å². The van der Waals surface area contributed by atoms with Crippen molar-refractivity contribution in [1.82, 2.24) is 0 Å². The van der Waals surface area contributed by atoms with Crippen LogP contribution in [0.4, 0.5) is 0 Å². The minimum atomic E-state index is -1.35. The second-order valence-corrected chi connectivity index (χ2v) is 16.1. The number of aliphatic hydroxyl groups is 1. The van der Waals surface area contributed by atoms with Gasteiger partial charge in [-0.1, -0.05) is 158 Å². The van der Waals surface area contributed by atoms with Crippen molar-refractivity contribution in [2.24, 2.45) is 0 Å². The molecule has 7 heteroatoms. The molecule has 6 aromatic carbocycles. The summed E-state index contributed by atoms with van der Waals surface area (Å²) in [5.74, 6) is -1.35. The summed E-state index contributed by atoms with van der Waals surface area (Å²) in [7, 11) is 0. The topological polar surface area (TPSA) is 75.6 Å². The van der Waals surface area contributed by atoms with Gasteiger partial charge in [0.2, 0.25) is 5.79 Å². The zero-order chi connectivity index (χ0) is 41.0. The molecule has 7 nitrogen and oxygen atoms in total. The van der Waals surface area contributed by atoms with Gasteiger partial charge in [0.05, 0.1) is 39.6 Å². The number of hydrogen-bond acceptors (Lipinski definition) is 7. The third-order valence-electron chi connectivity index (χ3n) is 11.7. The number of rotatable bonds is 20. The molecule has 2 heterocycles. The molecule has 6 aromatic rings. The molecule has 2 aliphatic heterocycles. The molecule has 0 aliphatic carbocycles. The van der Waals surface area contributed by atoms with Crippen LogP contribution in [-0.4, -0.2) is 48.8 Å². The van der Waals surface area contributed by atoms with Crippen LogP contribution in [0, 0.1) is 6.92 Å². The van der Waals surface area contributed by atoms with Gasteiger partial charge >= 0.3 is 0 Å². The average molecular weight is 805 g/mol. The lowest BCUT2D eigenvalue weighted by Gasteiger charge is -2.51. The van der Waals surface area contributed by atoms with E-state index in [9.17, 15) is 5.11 Å². The molecule has 0 amide bonds. The number of aryl methyl sites for hydroxylation is 2. The van der Waals surface area contributed by atoms with Crippen molar-refractivity contribution in [3.63, 3.8) is 0 Å². The molecule has 2 bridgehead atoms. The Morgan fingerprint density at radius 1 is 0.567 bits per heavy atom. The highest BCUT2D eigenvalue weighted by Gasteiger charge is 2.69. The molecule has 0 radical (unpaired) electrons. The third-order valence-corrected chi connectivity index (χ3v) is 11.7. The van der Waals surface area contributed by atoms with Crippen molar-refractivity contribution < 1.29 is 33.5 Å². The average Bonchev–Trinajstić information content (AvgIpc) is 3.64. The summed E-state index contributed by atoms with van der Waals surface area (Å²) in [4.78, 5) is 0. The highest BCUT2D eigenvalue weighted by Crippen LogP contribution is 2.53. The van der Waals surface area contributed by atoms with Gasteiger partial charge in [-0.25, -0.2) is 0 Å². The van der Waals surface area contributed by atoms with E-state index in [1.807, 2.05) is 72.8 Å². The number of benzene rings is 6. The molecule has 8 rings (SSSR count). The van der Waals surface area contributed by atoms with Crippen molar-refractivity contribution >= 4 is 0 Å². The first kappa shape index (κ1) is 41.8. The Bertz CT molecular complexity index is 2200. The van der Waals surface area contributed by atoms with Gasteiger partial charge in [0.1, 0.15) is 23.9 Å². The molecule has 0 aromatic heterocycles. The number of fused-ring (bicyclic) bond motifs is 2. The first-order valence-electron chi connectivity index (χ1n) is 21.2. The summed E-state index contributed by atoms with van der Waals surface area (Å²) in [6, 6.07) is 56.1. The van der Waals surface area contributed by atoms with E-state index in [-0.39, 0.29) is 19.8 Å². The summed E-state index contributed by atoms with van der Waals surface area (Å²) in [5.41, 5.74) is 8.84. The van der Waals surface area contributed by atoms with Crippen LogP contribution in [0.1, 0.15) is 62.9 Å². The van der Waals surface area contributed by atoms with Crippen molar-refractivity contribution in [3.05, 3.63) is 214 Å². The maximum atomic E-state index is 9.25. The van der Waals surface area contributed by atoms with Crippen LogP contribution in [0.5, 0.6) is 0 Å². The Kier molecular flexibility index (Phi) is 14.0. The Morgan fingerprint density at radius 2 is 1.10 bits per heavy atom. The van der Waals surface area contributed by atoms with Gasteiger partial charge in [-0.3, -0.25) is 0 Å². The lowest BCUT2D eigenvalue weighted by atomic mass is 9.82. The van der Waals surface area contributed by atoms with Gasteiger partial charge in [-0.15, -0.1) is 0 Å². The fourth-order valence-corrected chi connectivity index (χ4v) is 8.40. The van der Waals surface area contributed by atoms with Crippen molar-refractivity contribution in [1.29, 1.82) is 0 Å². The number of hydrogen-bond donors (Lipinski definition) is 1. The van der Waals surface area contributed by atoms with Gasteiger partial charge in [0.15, 0.2) is 0 Å². The lowest BCUT2D eigenvalue weighted by molar-refractivity contribution is -0.354. The van der Waals surface area contributed by atoms with E-state index in [2.05, 4.69) is 97.9 Å². The van der Waals surface area contributed by atoms with E-state index in [0.29, 0.717) is 26.4 Å². The van der Waals surface area contributed by atoms with Gasteiger partial charge in [-0.05, 0) is 83.2 Å². The molecule has 0 unspecified atom stereocenters. The molecule has 0 spiro atoms. The van der Waals surface area contributed by atoms with Crippen LogP contribution in [0.3, 0.4) is 0 Å². The first-order valence-corrected chi connectivity index (χ1v) is 21.2. The highest BCUT2D eigenvalue weighted by molar-refractivity contribution is 5.40. The summed E-state index contributed by atoms with van der Waals surface area (Å²) in [6.07, 6.45) is 1.49. The van der Waals surface area contributed by atoms with Gasteiger partial charge in [-0.2, -0.15) is 0 Å². The SMILES string of the molecule is Cc1ccc([C@]23OC[C@](COCc4ccccc4)(O2)[C@@H](OCc2ccccc2)[C@H](OCc2ccccc2)[C@H]3OCc2ccccc2)cc1Cc1ccc(CCCCO)cc1. The third kappa shape index (κ3) is 9.97. The zero-order valence-corrected chi connectivity index (χ0v) is 34.5. The molecule has 2 aliphatic rings. The van der Waals surface area contributed by atoms with E-state index in [4.69, 9.17) is 28.4 Å². The molecule has 2 saturated heterocycles. The summed E-state index contributed by atoms with van der Waals surface area (Å²) in [5, 5.41) is 9.25. The molecule has 1 N–H and O–H groups in total. The Balaban J connectivity index is 1.19. The maximum Gasteiger partial charge on any atom is 0.225 e. The Morgan fingerprint density at radius 3 is 1.68 bits per heavy atom. The smallest absolute Gasteiger partial charge is 0.225 e. The van der Waals surface area contributed by atoms with E-state index >= 15 is 0 Å². The Hall–Kier alpha value is -4.96. The van der Waals surface area contributed by atoms with Crippen molar-refractivity contribution in [2.45, 2.75) is 88.7 Å². The van der Waals surface area contributed by atoms with Crippen LogP contribution in [0.15, 0.2) is 164 Å². The van der Waals surface area contributed by atoms with Crippen LogP contribution in [0.25, 0.3) is 0 Å². The number of unbranched alkanes of at least 4 members (excludes halogenated alkanes) is 1. The molecule has 0 saturated carbocycles. The van der Waals surface area contributed by atoms with Crippen LogP contribution < -0.4 is 0 Å². The first-order chi connectivity index (χ1) is 29.5. The predicted molar refractivity (Wildman–Crippen MR) is 233 cm³/mol. The predicted octanol–water partition coefficient (Wildman–Crippen LogP) is 9.83. The highest BCUT2D eigenvalue weighted by atomic mass is 16.8. The minimum Gasteiger partial charge on any atom is -0.396 e. The number of aliphatic hydroxyl groups excluding tert-OH is 1. The monoisotopic (exact) mass is 804 g/mol. The molecule has 60 heavy (non-hydrogen) atoms. The normalized spacial score (nSPS) is 22.2. The fourth-order valence-electron chi connectivity index (χ4n) is 8.40. The largest absolute Gasteiger partial charge is 0.396 e. The van der Waals surface area contributed by atoms with Crippen LogP contribution in [0.2, 0.25) is 0 Å².